The molecule has 1 aliphatic heterocycles. The number of aliphatic hydroxyl groups excluding tert-OH is 1. The van der Waals surface area contributed by atoms with Crippen LogP contribution in [0.1, 0.15) is 58.8 Å². The van der Waals surface area contributed by atoms with Crippen molar-refractivity contribution in [3.8, 4) is 0 Å². The van der Waals surface area contributed by atoms with Gasteiger partial charge in [-0.1, -0.05) is 25.7 Å². The second-order valence-electron chi connectivity index (χ2n) is 6.60. The van der Waals surface area contributed by atoms with Gasteiger partial charge in [0.15, 0.2) is 0 Å². The molecule has 4 nitrogen and oxygen atoms in total. The van der Waals surface area contributed by atoms with Gasteiger partial charge in [-0.25, -0.2) is 0 Å². The molecule has 1 amide bonds. The number of carbonyl (C=O) groups is 1. The molecule has 110 valence electrons. The van der Waals surface area contributed by atoms with Crippen molar-refractivity contribution < 1.29 is 9.90 Å². The zero-order chi connectivity index (χ0) is 13.9. The van der Waals surface area contributed by atoms with Crippen LogP contribution in [0.25, 0.3) is 0 Å². The predicted octanol–water partition coefficient (Wildman–Crippen LogP) is 1.67. The molecule has 1 saturated carbocycles. The maximum absolute atomic E-state index is 12.2. The summed E-state index contributed by atoms with van der Waals surface area (Å²) in [4.78, 5) is 14.5. The van der Waals surface area contributed by atoms with Gasteiger partial charge in [0.1, 0.15) is 6.04 Å². The molecule has 0 aromatic carbocycles. The average molecular weight is 268 g/mol. The van der Waals surface area contributed by atoms with Crippen molar-refractivity contribution in [2.24, 2.45) is 0 Å². The summed E-state index contributed by atoms with van der Waals surface area (Å²) in [6.45, 7) is 5.05. The maximum Gasteiger partial charge on any atom is 0.239 e. The van der Waals surface area contributed by atoms with Crippen LogP contribution in [0.5, 0.6) is 0 Å². The highest BCUT2D eigenvalue weighted by molar-refractivity contribution is 5.82. The summed E-state index contributed by atoms with van der Waals surface area (Å²) in [6.07, 6.45) is 8.38. The minimum Gasteiger partial charge on any atom is -0.394 e. The van der Waals surface area contributed by atoms with Crippen LogP contribution in [-0.2, 0) is 4.79 Å². The van der Waals surface area contributed by atoms with Gasteiger partial charge in [-0.2, -0.15) is 0 Å². The zero-order valence-electron chi connectivity index (χ0n) is 12.3. The molecule has 1 unspecified atom stereocenters. The Morgan fingerprint density at radius 2 is 1.89 bits per heavy atom. The van der Waals surface area contributed by atoms with E-state index in [2.05, 4.69) is 24.1 Å². The van der Waals surface area contributed by atoms with Crippen LogP contribution >= 0.6 is 0 Å². The van der Waals surface area contributed by atoms with Crippen LogP contribution in [0.3, 0.4) is 0 Å². The van der Waals surface area contributed by atoms with Gasteiger partial charge in [0.2, 0.25) is 5.91 Å². The normalized spacial score (nSPS) is 30.5. The van der Waals surface area contributed by atoms with Crippen molar-refractivity contribution in [1.29, 1.82) is 0 Å². The van der Waals surface area contributed by atoms with E-state index in [1.165, 1.54) is 25.7 Å². The van der Waals surface area contributed by atoms with E-state index in [0.717, 1.165) is 19.3 Å². The fourth-order valence-corrected chi connectivity index (χ4v) is 3.74. The lowest BCUT2D eigenvalue weighted by Gasteiger charge is -2.45. The number of hydrogen-bond acceptors (Lipinski definition) is 3. The monoisotopic (exact) mass is 268 g/mol. The number of hydrogen-bond donors (Lipinski definition) is 2. The van der Waals surface area contributed by atoms with Gasteiger partial charge < -0.3 is 10.4 Å². The molecule has 0 bridgehead atoms. The lowest BCUT2D eigenvalue weighted by molar-refractivity contribution is -0.130. The Bertz CT molecular complexity index is 309. The van der Waals surface area contributed by atoms with Crippen LogP contribution in [0.2, 0.25) is 0 Å². The Morgan fingerprint density at radius 3 is 2.47 bits per heavy atom. The second kappa shape index (κ2) is 6.23. The first-order valence-corrected chi connectivity index (χ1v) is 7.73. The lowest BCUT2D eigenvalue weighted by Crippen LogP contribution is -2.58. The van der Waals surface area contributed by atoms with Crippen LogP contribution < -0.4 is 5.32 Å². The molecule has 4 heteroatoms. The van der Waals surface area contributed by atoms with Gasteiger partial charge in [0, 0.05) is 18.1 Å². The minimum atomic E-state index is -0.374. The molecule has 0 aromatic heterocycles. The average Bonchev–Trinajstić information content (AvgIpc) is 2.67. The van der Waals surface area contributed by atoms with Gasteiger partial charge in [-0.3, -0.25) is 9.69 Å². The Kier molecular flexibility index (Phi) is 4.85. The Morgan fingerprint density at radius 1 is 1.26 bits per heavy atom. The standard InChI is InChI=1S/C15H28N2O2/c1-15(2)9-10-16-14(19)13(11-18)17(15)12-7-5-3-4-6-8-12/h12-13,18H,3-11H2,1-2H3,(H,16,19). The van der Waals surface area contributed by atoms with Crippen molar-refractivity contribution >= 4 is 5.91 Å². The predicted molar refractivity (Wildman–Crippen MR) is 75.9 cm³/mol. The van der Waals surface area contributed by atoms with E-state index in [1.807, 2.05) is 0 Å². The summed E-state index contributed by atoms with van der Waals surface area (Å²) < 4.78 is 0. The topological polar surface area (TPSA) is 52.6 Å². The molecule has 1 heterocycles. The van der Waals surface area contributed by atoms with Gasteiger partial charge in [-0.05, 0) is 33.1 Å². The van der Waals surface area contributed by atoms with Gasteiger partial charge in [0.25, 0.3) is 0 Å². The Hall–Kier alpha value is -0.610. The highest BCUT2D eigenvalue weighted by Crippen LogP contribution is 2.32. The molecule has 19 heavy (non-hydrogen) atoms. The Balaban J connectivity index is 2.24. The van der Waals surface area contributed by atoms with E-state index in [0.29, 0.717) is 12.6 Å². The van der Waals surface area contributed by atoms with E-state index in [9.17, 15) is 9.90 Å². The summed E-state index contributed by atoms with van der Waals surface area (Å²) in [5.74, 6) is -0.00248. The van der Waals surface area contributed by atoms with Crippen molar-refractivity contribution in [3.05, 3.63) is 0 Å². The van der Waals surface area contributed by atoms with Crippen molar-refractivity contribution in [1.82, 2.24) is 10.2 Å². The number of rotatable bonds is 2. The number of nitrogens with one attached hydrogen (secondary N) is 1. The first-order chi connectivity index (χ1) is 9.06. The first kappa shape index (κ1) is 14.8. The third-order valence-corrected chi connectivity index (χ3v) is 4.76. The molecular weight excluding hydrogens is 240 g/mol. The van der Waals surface area contributed by atoms with Crippen molar-refractivity contribution in [2.45, 2.75) is 76.4 Å². The summed E-state index contributed by atoms with van der Waals surface area (Å²) in [5.41, 5.74) is -0.0262. The van der Waals surface area contributed by atoms with Crippen LogP contribution in [-0.4, -0.2) is 46.7 Å². The molecule has 0 spiro atoms. The van der Waals surface area contributed by atoms with Gasteiger partial charge in [0.05, 0.1) is 6.61 Å². The molecule has 2 fully saturated rings. The molecule has 2 rings (SSSR count). The number of carbonyl (C=O) groups excluding carboxylic acids is 1. The summed E-state index contributed by atoms with van der Waals surface area (Å²) in [5, 5.41) is 12.6. The SMILES string of the molecule is CC1(C)CCNC(=O)C(CO)N1C1CCCCCC1. The highest BCUT2D eigenvalue weighted by Gasteiger charge is 2.42. The fourth-order valence-electron chi connectivity index (χ4n) is 3.74. The Labute approximate surface area is 116 Å². The van der Waals surface area contributed by atoms with E-state index in [1.54, 1.807) is 0 Å². The molecule has 1 saturated heterocycles. The van der Waals surface area contributed by atoms with E-state index in [-0.39, 0.29) is 24.1 Å². The number of nitrogens with zero attached hydrogens (tertiary/aromatic N) is 1. The second-order valence-corrected chi connectivity index (χ2v) is 6.60. The molecule has 2 N–H and O–H groups in total. The van der Waals surface area contributed by atoms with E-state index < -0.39 is 0 Å². The summed E-state index contributed by atoms with van der Waals surface area (Å²) in [6, 6.07) is 0.0686. The third kappa shape index (κ3) is 3.29. The molecular formula is C15H28N2O2. The largest absolute Gasteiger partial charge is 0.394 e. The summed E-state index contributed by atoms with van der Waals surface area (Å²) >= 11 is 0. The highest BCUT2D eigenvalue weighted by atomic mass is 16.3. The first-order valence-electron chi connectivity index (χ1n) is 7.73. The number of amides is 1. The smallest absolute Gasteiger partial charge is 0.239 e. The number of aliphatic hydroxyl groups is 1. The summed E-state index contributed by atoms with van der Waals surface area (Å²) in [7, 11) is 0. The molecule has 1 atom stereocenters. The van der Waals surface area contributed by atoms with E-state index in [4.69, 9.17) is 0 Å². The lowest BCUT2D eigenvalue weighted by atomic mass is 9.92. The van der Waals surface area contributed by atoms with Crippen molar-refractivity contribution in [3.63, 3.8) is 0 Å². The minimum absolute atomic E-state index is 0.00248. The molecule has 2 aliphatic rings. The molecule has 1 aliphatic carbocycles. The van der Waals surface area contributed by atoms with Crippen molar-refractivity contribution in [2.75, 3.05) is 13.2 Å². The molecule has 0 aromatic rings. The van der Waals surface area contributed by atoms with Crippen LogP contribution in [0, 0.1) is 0 Å². The van der Waals surface area contributed by atoms with Gasteiger partial charge >= 0.3 is 0 Å². The maximum atomic E-state index is 12.2. The van der Waals surface area contributed by atoms with Crippen LogP contribution in [0.15, 0.2) is 0 Å². The third-order valence-electron chi connectivity index (χ3n) is 4.76. The fraction of sp³-hybridized carbons (Fsp3) is 0.933. The quantitative estimate of drug-likeness (QED) is 0.749. The zero-order valence-corrected chi connectivity index (χ0v) is 12.3. The molecule has 0 radical (unpaired) electrons. The van der Waals surface area contributed by atoms with Gasteiger partial charge in [-0.15, -0.1) is 0 Å². The van der Waals surface area contributed by atoms with Crippen LogP contribution in [0.4, 0.5) is 0 Å². The van der Waals surface area contributed by atoms with E-state index >= 15 is 0 Å².